The van der Waals surface area contributed by atoms with E-state index < -0.39 is 17.9 Å². The number of hydrogen-bond donors (Lipinski definition) is 1. The fourth-order valence-corrected chi connectivity index (χ4v) is 2.76. The smallest absolute Gasteiger partial charge is 0.407 e. The summed E-state index contributed by atoms with van der Waals surface area (Å²) in [6.45, 7) is 0.406. The van der Waals surface area contributed by atoms with Gasteiger partial charge in [-0.25, -0.2) is 4.79 Å². The number of amides is 1. The Morgan fingerprint density at radius 3 is 2.69 bits per heavy atom. The Kier molecular flexibility index (Phi) is 3.00. The van der Waals surface area contributed by atoms with E-state index in [0.717, 1.165) is 0 Å². The van der Waals surface area contributed by atoms with Crippen LogP contribution < -0.4 is 0 Å². The lowest BCUT2D eigenvalue weighted by Crippen LogP contribution is -2.54. The predicted molar refractivity (Wildman–Crippen MR) is 54.6 cm³/mol. The van der Waals surface area contributed by atoms with E-state index in [1.807, 2.05) is 0 Å². The van der Waals surface area contributed by atoms with Crippen molar-refractivity contribution in [3.8, 4) is 0 Å². The summed E-state index contributed by atoms with van der Waals surface area (Å²) in [4.78, 5) is 12.3. The molecule has 0 saturated carbocycles. The minimum Gasteiger partial charge on any atom is -0.465 e. The molecule has 2 aliphatic rings. The van der Waals surface area contributed by atoms with Crippen molar-refractivity contribution >= 4 is 17.7 Å². The van der Waals surface area contributed by atoms with Crippen molar-refractivity contribution in [2.45, 2.75) is 23.3 Å². The van der Waals surface area contributed by atoms with Crippen LogP contribution in [0.3, 0.4) is 0 Å². The van der Waals surface area contributed by atoms with E-state index in [2.05, 4.69) is 0 Å². The number of ether oxygens (including phenoxy) is 3. The summed E-state index contributed by atoms with van der Waals surface area (Å²) in [6.07, 6.45) is -1.42. The van der Waals surface area contributed by atoms with Gasteiger partial charge in [0.2, 0.25) is 5.79 Å². The summed E-state index contributed by atoms with van der Waals surface area (Å²) in [7, 11) is 2.94. The molecule has 16 heavy (non-hydrogen) atoms. The van der Waals surface area contributed by atoms with Gasteiger partial charge in [0.25, 0.3) is 0 Å². The highest BCUT2D eigenvalue weighted by Crippen LogP contribution is 2.40. The number of methoxy groups -OCH3 is 2. The molecule has 0 radical (unpaired) electrons. The van der Waals surface area contributed by atoms with Gasteiger partial charge in [0.1, 0.15) is 18.8 Å². The Morgan fingerprint density at radius 2 is 2.19 bits per heavy atom. The summed E-state index contributed by atoms with van der Waals surface area (Å²) >= 11 is 6.05. The molecule has 2 saturated heterocycles. The van der Waals surface area contributed by atoms with Crippen LogP contribution in [0.25, 0.3) is 0 Å². The van der Waals surface area contributed by atoms with Crippen molar-refractivity contribution in [2.24, 2.45) is 0 Å². The topological polar surface area (TPSA) is 68.2 Å². The molecule has 0 aromatic carbocycles. The fourth-order valence-electron chi connectivity index (χ4n) is 2.40. The zero-order valence-electron chi connectivity index (χ0n) is 9.05. The third-order valence-electron chi connectivity index (χ3n) is 3.24. The van der Waals surface area contributed by atoms with Gasteiger partial charge in [-0.2, -0.15) is 0 Å². The van der Waals surface area contributed by atoms with E-state index >= 15 is 0 Å². The summed E-state index contributed by atoms with van der Waals surface area (Å²) in [5, 5.41) is 8.73. The number of likely N-dealkylation sites (tertiary alicyclic amines) is 1. The predicted octanol–water partition coefficient (Wildman–Crippen LogP) is 0.344. The molecule has 0 aromatic rings. The van der Waals surface area contributed by atoms with Crippen molar-refractivity contribution in [3.63, 3.8) is 0 Å². The quantitative estimate of drug-likeness (QED) is 0.566. The van der Waals surface area contributed by atoms with Gasteiger partial charge >= 0.3 is 6.09 Å². The molecule has 92 valence electrons. The van der Waals surface area contributed by atoms with Crippen LogP contribution in [0.15, 0.2) is 0 Å². The second-order valence-electron chi connectivity index (χ2n) is 3.89. The maximum atomic E-state index is 11.1. The summed E-state index contributed by atoms with van der Waals surface area (Å²) < 4.78 is 16.0. The van der Waals surface area contributed by atoms with Gasteiger partial charge in [0.15, 0.2) is 0 Å². The molecule has 2 fully saturated rings. The van der Waals surface area contributed by atoms with Crippen LogP contribution in [0.2, 0.25) is 0 Å². The second kappa shape index (κ2) is 4.03. The molecule has 0 bridgehead atoms. The number of rotatable bonds is 2. The average Bonchev–Trinajstić information content (AvgIpc) is 2.78. The maximum Gasteiger partial charge on any atom is 0.407 e. The number of carbonyl (C=O) groups is 1. The van der Waals surface area contributed by atoms with Crippen LogP contribution in [0.1, 0.15) is 0 Å². The summed E-state index contributed by atoms with van der Waals surface area (Å²) in [6, 6.07) is -0.512. The normalized spacial score (nSPS) is 36.4. The molecule has 1 amide bonds. The van der Waals surface area contributed by atoms with Crippen molar-refractivity contribution in [1.29, 1.82) is 0 Å². The SMILES string of the molecule is COC1(OC)COC2C(Cl)CN(C(=O)O)C21. The molecule has 3 atom stereocenters. The first-order valence-electron chi connectivity index (χ1n) is 4.91. The van der Waals surface area contributed by atoms with E-state index in [-0.39, 0.29) is 24.6 Å². The summed E-state index contributed by atoms with van der Waals surface area (Å²) in [5.41, 5.74) is 0. The number of hydrogen-bond acceptors (Lipinski definition) is 4. The van der Waals surface area contributed by atoms with Crippen molar-refractivity contribution in [3.05, 3.63) is 0 Å². The Bertz CT molecular complexity index is 296. The zero-order chi connectivity index (χ0) is 11.9. The molecule has 2 heterocycles. The van der Waals surface area contributed by atoms with Crippen LogP contribution in [0, 0.1) is 0 Å². The highest BCUT2D eigenvalue weighted by atomic mass is 35.5. The first-order valence-corrected chi connectivity index (χ1v) is 5.35. The number of halogens is 1. The molecular formula is C9H14ClNO5. The van der Waals surface area contributed by atoms with Gasteiger partial charge in [-0.1, -0.05) is 0 Å². The monoisotopic (exact) mass is 251 g/mol. The lowest BCUT2D eigenvalue weighted by molar-refractivity contribution is -0.223. The standard InChI is InChI=1S/C9H14ClNO5/c1-14-9(15-2)4-16-6-5(10)3-11(7(6)9)8(12)13/h5-7H,3-4H2,1-2H3,(H,12,13). The van der Waals surface area contributed by atoms with Crippen molar-refractivity contribution in [2.75, 3.05) is 27.4 Å². The maximum absolute atomic E-state index is 11.1. The lowest BCUT2D eigenvalue weighted by Gasteiger charge is -2.34. The Hall–Kier alpha value is -0.560. The molecule has 3 unspecified atom stereocenters. The van der Waals surface area contributed by atoms with E-state index in [1.165, 1.54) is 19.1 Å². The van der Waals surface area contributed by atoms with Gasteiger partial charge in [0, 0.05) is 20.8 Å². The molecule has 0 spiro atoms. The number of alkyl halides is 1. The Morgan fingerprint density at radius 1 is 1.56 bits per heavy atom. The van der Waals surface area contributed by atoms with E-state index in [9.17, 15) is 4.79 Å². The lowest BCUT2D eigenvalue weighted by atomic mass is 10.1. The van der Waals surface area contributed by atoms with E-state index in [4.69, 9.17) is 30.9 Å². The minimum atomic E-state index is -1.05. The van der Waals surface area contributed by atoms with Crippen LogP contribution in [0.4, 0.5) is 4.79 Å². The molecule has 2 aliphatic heterocycles. The molecule has 0 aromatic heterocycles. The Balaban J connectivity index is 2.31. The molecule has 0 aliphatic carbocycles. The minimum absolute atomic E-state index is 0.183. The van der Waals surface area contributed by atoms with Crippen molar-refractivity contribution < 1.29 is 24.1 Å². The largest absolute Gasteiger partial charge is 0.465 e. The highest BCUT2D eigenvalue weighted by Gasteiger charge is 2.61. The third kappa shape index (κ3) is 1.48. The highest BCUT2D eigenvalue weighted by molar-refractivity contribution is 6.21. The zero-order valence-corrected chi connectivity index (χ0v) is 9.81. The number of nitrogens with zero attached hydrogens (tertiary/aromatic N) is 1. The van der Waals surface area contributed by atoms with Crippen molar-refractivity contribution in [1.82, 2.24) is 4.90 Å². The van der Waals surface area contributed by atoms with Gasteiger partial charge in [-0.3, -0.25) is 4.90 Å². The first-order chi connectivity index (χ1) is 7.55. The third-order valence-corrected chi connectivity index (χ3v) is 3.63. The van der Waals surface area contributed by atoms with E-state index in [0.29, 0.717) is 0 Å². The van der Waals surface area contributed by atoms with Gasteiger partial charge in [0.05, 0.1) is 5.38 Å². The Labute approximate surface area is 98.0 Å². The van der Waals surface area contributed by atoms with Gasteiger partial charge in [-0.05, 0) is 0 Å². The molecular weight excluding hydrogens is 238 g/mol. The fraction of sp³-hybridized carbons (Fsp3) is 0.889. The molecule has 2 rings (SSSR count). The van der Waals surface area contributed by atoms with Crippen LogP contribution in [-0.4, -0.2) is 66.8 Å². The second-order valence-corrected chi connectivity index (χ2v) is 4.45. The molecule has 6 nitrogen and oxygen atoms in total. The van der Waals surface area contributed by atoms with Crippen LogP contribution in [0.5, 0.6) is 0 Å². The van der Waals surface area contributed by atoms with Crippen LogP contribution in [-0.2, 0) is 14.2 Å². The first kappa shape index (κ1) is 11.9. The summed E-state index contributed by atoms with van der Waals surface area (Å²) in [5.74, 6) is -1.05. The molecule has 1 N–H and O–H groups in total. The van der Waals surface area contributed by atoms with Crippen LogP contribution >= 0.6 is 11.6 Å². The van der Waals surface area contributed by atoms with E-state index in [1.54, 1.807) is 0 Å². The van der Waals surface area contributed by atoms with Gasteiger partial charge < -0.3 is 19.3 Å². The van der Waals surface area contributed by atoms with Gasteiger partial charge in [-0.15, -0.1) is 11.6 Å². The average molecular weight is 252 g/mol. The number of fused-ring (bicyclic) bond motifs is 1. The molecule has 7 heteroatoms. The number of carboxylic acid groups (broad SMARTS) is 1.